The van der Waals surface area contributed by atoms with Crippen LogP contribution in [0.25, 0.3) is 0 Å². The van der Waals surface area contributed by atoms with E-state index in [0.29, 0.717) is 5.82 Å². The Balaban J connectivity index is 2.13. The molecule has 2 aromatic rings. The van der Waals surface area contributed by atoms with Crippen LogP contribution >= 0.6 is 11.3 Å². The summed E-state index contributed by atoms with van der Waals surface area (Å²) in [6.07, 6.45) is 2.42. The van der Waals surface area contributed by atoms with Crippen LogP contribution in [0, 0.1) is 0 Å². The Morgan fingerprint density at radius 2 is 2.27 bits per heavy atom. The maximum absolute atomic E-state index is 6.06. The maximum Gasteiger partial charge on any atom is 0.126 e. The molecule has 0 saturated carbocycles. The fourth-order valence-electron chi connectivity index (χ4n) is 1.46. The fraction of sp³-hybridized carbons (Fsp3) is 0.182. The van der Waals surface area contributed by atoms with Gasteiger partial charge in [-0.05, 0) is 40.4 Å². The average molecular weight is 219 g/mol. The summed E-state index contributed by atoms with van der Waals surface area (Å²) in [6.45, 7) is 0. The van der Waals surface area contributed by atoms with Crippen LogP contribution in [-0.4, -0.2) is 4.98 Å². The highest BCUT2D eigenvalue weighted by Crippen LogP contribution is 2.20. The van der Waals surface area contributed by atoms with Gasteiger partial charge in [0, 0.05) is 12.2 Å². The molecule has 0 fully saturated rings. The number of rotatable bonds is 3. The van der Waals surface area contributed by atoms with Gasteiger partial charge in [-0.15, -0.1) is 0 Å². The molecule has 1 unspecified atom stereocenters. The molecule has 2 rings (SSSR count). The van der Waals surface area contributed by atoms with Gasteiger partial charge in [0.05, 0.1) is 0 Å². The Kier molecular flexibility index (Phi) is 2.99. The van der Waals surface area contributed by atoms with Gasteiger partial charge in [0.25, 0.3) is 0 Å². The molecular formula is C11H13N3S. The highest BCUT2D eigenvalue weighted by molar-refractivity contribution is 7.07. The predicted octanol–water partition coefficient (Wildman–Crippen LogP) is 1.97. The molecule has 0 aliphatic heterocycles. The van der Waals surface area contributed by atoms with Crippen molar-refractivity contribution in [3.8, 4) is 0 Å². The second-order valence-corrected chi connectivity index (χ2v) is 4.20. The number of anilines is 1. The molecule has 0 radical (unpaired) electrons. The lowest BCUT2D eigenvalue weighted by Gasteiger charge is -2.10. The summed E-state index contributed by atoms with van der Waals surface area (Å²) < 4.78 is 0. The highest BCUT2D eigenvalue weighted by Gasteiger charge is 2.09. The fourth-order valence-corrected chi connectivity index (χ4v) is 2.19. The van der Waals surface area contributed by atoms with Gasteiger partial charge in [0.1, 0.15) is 5.82 Å². The standard InChI is InChI=1S/C11H13N3S/c12-10(9-3-5-15-7-9)6-8-2-1-4-14-11(8)13/h1-5,7,10H,6,12H2,(H2,13,14). The first kappa shape index (κ1) is 10.1. The number of nitrogens with zero attached hydrogens (tertiary/aromatic N) is 1. The number of hydrogen-bond acceptors (Lipinski definition) is 4. The lowest BCUT2D eigenvalue weighted by molar-refractivity contribution is 0.724. The lowest BCUT2D eigenvalue weighted by atomic mass is 10.0. The highest BCUT2D eigenvalue weighted by atomic mass is 32.1. The zero-order chi connectivity index (χ0) is 10.7. The van der Waals surface area contributed by atoms with Crippen LogP contribution in [0.2, 0.25) is 0 Å². The van der Waals surface area contributed by atoms with Crippen LogP contribution in [0.5, 0.6) is 0 Å². The molecule has 78 valence electrons. The normalized spacial score (nSPS) is 12.6. The van der Waals surface area contributed by atoms with E-state index in [1.165, 1.54) is 0 Å². The Morgan fingerprint density at radius 1 is 1.40 bits per heavy atom. The molecule has 0 aliphatic rings. The summed E-state index contributed by atoms with van der Waals surface area (Å²) >= 11 is 1.66. The third-order valence-electron chi connectivity index (χ3n) is 2.34. The second-order valence-electron chi connectivity index (χ2n) is 3.42. The van der Waals surface area contributed by atoms with Crippen LogP contribution in [0.15, 0.2) is 35.2 Å². The zero-order valence-corrected chi connectivity index (χ0v) is 9.08. The average Bonchev–Trinajstić information content (AvgIpc) is 2.74. The molecule has 2 heterocycles. The minimum absolute atomic E-state index is 0.00255. The van der Waals surface area contributed by atoms with E-state index >= 15 is 0 Å². The Hall–Kier alpha value is -1.39. The number of hydrogen-bond donors (Lipinski definition) is 2. The third-order valence-corrected chi connectivity index (χ3v) is 3.04. The van der Waals surface area contributed by atoms with E-state index in [-0.39, 0.29) is 6.04 Å². The molecule has 0 saturated heterocycles. The smallest absolute Gasteiger partial charge is 0.126 e. The Morgan fingerprint density at radius 3 is 2.93 bits per heavy atom. The van der Waals surface area contributed by atoms with Crippen molar-refractivity contribution in [3.63, 3.8) is 0 Å². The van der Waals surface area contributed by atoms with Crippen molar-refractivity contribution >= 4 is 17.2 Å². The van der Waals surface area contributed by atoms with Crippen LogP contribution < -0.4 is 11.5 Å². The molecular weight excluding hydrogens is 206 g/mol. The van der Waals surface area contributed by atoms with Crippen LogP contribution in [0.1, 0.15) is 17.2 Å². The maximum atomic E-state index is 6.06. The summed E-state index contributed by atoms with van der Waals surface area (Å²) in [7, 11) is 0. The predicted molar refractivity (Wildman–Crippen MR) is 63.6 cm³/mol. The summed E-state index contributed by atoms with van der Waals surface area (Å²) in [5, 5.41) is 4.10. The zero-order valence-electron chi connectivity index (χ0n) is 8.26. The van der Waals surface area contributed by atoms with Gasteiger partial charge >= 0.3 is 0 Å². The van der Waals surface area contributed by atoms with Crippen molar-refractivity contribution in [3.05, 3.63) is 46.3 Å². The molecule has 0 bridgehead atoms. The number of nitrogen functional groups attached to an aromatic ring is 1. The molecule has 0 amide bonds. The molecule has 3 nitrogen and oxygen atoms in total. The number of aromatic nitrogens is 1. The summed E-state index contributed by atoms with van der Waals surface area (Å²) in [4.78, 5) is 4.04. The number of nitrogens with two attached hydrogens (primary N) is 2. The van der Waals surface area contributed by atoms with E-state index in [0.717, 1.165) is 17.5 Å². The van der Waals surface area contributed by atoms with Crippen molar-refractivity contribution in [2.45, 2.75) is 12.5 Å². The first-order valence-electron chi connectivity index (χ1n) is 4.74. The van der Waals surface area contributed by atoms with Gasteiger partial charge in [-0.2, -0.15) is 11.3 Å². The van der Waals surface area contributed by atoms with Gasteiger partial charge in [0.15, 0.2) is 0 Å². The van der Waals surface area contributed by atoms with Crippen molar-refractivity contribution in [1.82, 2.24) is 4.98 Å². The Labute approximate surface area is 92.8 Å². The molecule has 15 heavy (non-hydrogen) atoms. The first-order valence-corrected chi connectivity index (χ1v) is 5.68. The van der Waals surface area contributed by atoms with E-state index in [1.54, 1.807) is 17.5 Å². The Bertz CT molecular complexity index is 425. The monoisotopic (exact) mass is 219 g/mol. The third kappa shape index (κ3) is 2.34. The molecule has 2 aromatic heterocycles. The van der Waals surface area contributed by atoms with Crippen LogP contribution in [0.4, 0.5) is 5.82 Å². The number of pyridine rings is 1. The van der Waals surface area contributed by atoms with E-state index in [1.807, 2.05) is 23.6 Å². The van der Waals surface area contributed by atoms with E-state index in [9.17, 15) is 0 Å². The molecule has 1 atom stereocenters. The van der Waals surface area contributed by atoms with Gasteiger partial charge in [-0.3, -0.25) is 0 Å². The largest absolute Gasteiger partial charge is 0.383 e. The van der Waals surface area contributed by atoms with E-state index in [4.69, 9.17) is 11.5 Å². The van der Waals surface area contributed by atoms with Gasteiger partial charge in [0.2, 0.25) is 0 Å². The number of thiophene rings is 1. The lowest BCUT2D eigenvalue weighted by Crippen LogP contribution is -2.13. The summed E-state index contributed by atoms with van der Waals surface area (Å²) in [5.41, 5.74) is 14.0. The van der Waals surface area contributed by atoms with Gasteiger partial charge in [-0.1, -0.05) is 6.07 Å². The molecule has 0 spiro atoms. The van der Waals surface area contributed by atoms with Crippen molar-refractivity contribution in [2.24, 2.45) is 5.73 Å². The van der Waals surface area contributed by atoms with Crippen molar-refractivity contribution < 1.29 is 0 Å². The first-order chi connectivity index (χ1) is 7.27. The summed E-state index contributed by atoms with van der Waals surface area (Å²) in [6, 6.07) is 5.89. The van der Waals surface area contributed by atoms with Crippen molar-refractivity contribution in [2.75, 3.05) is 5.73 Å². The molecule has 4 N–H and O–H groups in total. The van der Waals surface area contributed by atoms with Crippen LogP contribution in [-0.2, 0) is 6.42 Å². The quantitative estimate of drug-likeness (QED) is 0.829. The van der Waals surface area contributed by atoms with Crippen molar-refractivity contribution in [1.29, 1.82) is 0 Å². The SMILES string of the molecule is Nc1ncccc1CC(N)c1ccsc1. The topological polar surface area (TPSA) is 64.9 Å². The van der Waals surface area contributed by atoms with E-state index < -0.39 is 0 Å². The second kappa shape index (κ2) is 4.42. The molecule has 0 aromatic carbocycles. The van der Waals surface area contributed by atoms with E-state index in [2.05, 4.69) is 10.4 Å². The summed E-state index contributed by atoms with van der Waals surface area (Å²) in [5.74, 6) is 0.572. The minimum atomic E-state index is 0.00255. The van der Waals surface area contributed by atoms with Gasteiger partial charge < -0.3 is 11.5 Å². The molecule has 4 heteroatoms. The van der Waals surface area contributed by atoms with Crippen LogP contribution in [0.3, 0.4) is 0 Å². The van der Waals surface area contributed by atoms with Gasteiger partial charge in [-0.25, -0.2) is 4.98 Å². The molecule has 0 aliphatic carbocycles. The minimum Gasteiger partial charge on any atom is -0.383 e.